The lowest BCUT2D eigenvalue weighted by Gasteiger charge is -2.18. The molecule has 192 valence electrons. The third-order valence-corrected chi connectivity index (χ3v) is 5.09. The average Bonchev–Trinajstić information content (AvgIpc) is 3.51. The zero-order valence-electron chi connectivity index (χ0n) is 16.8. The number of hydrogen-bond acceptors (Lipinski definition) is 0. The second-order valence-electron chi connectivity index (χ2n) is 7.15. The van der Waals surface area contributed by atoms with Crippen LogP contribution in [0.25, 0.3) is 0 Å². The maximum Gasteiger partial charge on any atom is 0.257 e. The van der Waals surface area contributed by atoms with Crippen molar-refractivity contribution in [3.63, 3.8) is 0 Å². The van der Waals surface area contributed by atoms with Crippen molar-refractivity contribution in [3.8, 4) is 0 Å². The van der Waals surface area contributed by atoms with Gasteiger partial charge in [0.1, 0.15) is 11.7 Å². The maximum atomic E-state index is 14.4. The summed E-state index contributed by atoms with van der Waals surface area (Å²) in [5.74, 6) is -44.0. The lowest BCUT2D eigenvalue weighted by molar-refractivity contribution is 0.382. The third kappa shape index (κ3) is 3.95. The first-order chi connectivity index (χ1) is 16.6. The summed E-state index contributed by atoms with van der Waals surface area (Å²) < 4.78 is 209. The van der Waals surface area contributed by atoms with E-state index in [0.29, 0.717) is 0 Å². The standard InChI is InChI=1S/C20H4BF15/c1-2(22)7(23)14(30)9(25)3-4(8(3)24)21(5-10(26)15(31)19(35)16(32)11(5)27)6-12(28)17(33)20(36)18(34)13(6)29/h3H,1H3/b7-2-,14-9-/t3-/m0/s1. The fraction of sp³-hybridized carbons (Fsp3) is 0.100. The van der Waals surface area contributed by atoms with Crippen LogP contribution < -0.4 is 10.9 Å². The van der Waals surface area contributed by atoms with Gasteiger partial charge in [0.15, 0.2) is 75.7 Å². The van der Waals surface area contributed by atoms with Gasteiger partial charge in [-0.15, -0.1) is 0 Å². The SMILES string of the molecule is C/C(F)=C(F)\C(F)=C(\F)[C@@H]1C(F)=C1B(c1c(F)c(F)c(F)c(F)c1F)c1c(F)c(F)c(F)c(F)c1F. The number of halogens is 15. The average molecular weight is 540 g/mol. The van der Waals surface area contributed by atoms with Gasteiger partial charge in [0.05, 0.1) is 5.92 Å². The molecule has 0 unspecified atom stereocenters. The van der Waals surface area contributed by atoms with Crippen LogP contribution in [0.1, 0.15) is 6.92 Å². The minimum Gasteiger partial charge on any atom is -0.212 e. The van der Waals surface area contributed by atoms with Gasteiger partial charge in [0, 0.05) is 10.9 Å². The van der Waals surface area contributed by atoms with Crippen LogP contribution in [0.4, 0.5) is 65.9 Å². The molecular weight excluding hydrogens is 536 g/mol. The number of hydrogen-bond donors (Lipinski definition) is 0. The van der Waals surface area contributed by atoms with E-state index < -0.39 is 116 Å². The smallest absolute Gasteiger partial charge is 0.212 e. The van der Waals surface area contributed by atoms with Crippen molar-refractivity contribution in [1.82, 2.24) is 0 Å². The molecule has 0 fully saturated rings. The van der Waals surface area contributed by atoms with Gasteiger partial charge in [-0.3, -0.25) is 0 Å². The van der Waals surface area contributed by atoms with Gasteiger partial charge in [-0.2, -0.15) is 0 Å². The monoisotopic (exact) mass is 540 g/mol. The molecule has 0 saturated carbocycles. The first kappa shape index (κ1) is 27.3. The first-order valence-electron chi connectivity index (χ1n) is 9.07. The zero-order valence-corrected chi connectivity index (χ0v) is 16.8. The van der Waals surface area contributed by atoms with Crippen molar-refractivity contribution in [2.75, 3.05) is 0 Å². The molecule has 0 amide bonds. The highest BCUT2D eigenvalue weighted by molar-refractivity contribution is 6.92. The molecule has 0 aliphatic heterocycles. The molecule has 0 radical (unpaired) electrons. The van der Waals surface area contributed by atoms with E-state index in [4.69, 9.17) is 0 Å². The van der Waals surface area contributed by atoms with E-state index in [1.54, 1.807) is 0 Å². The third-order valence-electron chi connectivity index (χ3n) is 5.09. The van der Waals surface area contributed by atoms with E-state index in [9.17, 15) is 65.9 Å². The molecular formula is C20H4BF15. The number of allylic oxidation sites excluding steroid dienone is 6. The second-order valence-corrected chi connectivity index (χ2v) is 7.15. The van der Waals surface area contributed by atoms with Gasteiger partial charge in [0.25, 0.3) is 6.71 Å². The van der Waals surface area contributed by atoms with Crippen molar-refractivity contribution in [2.24, 2.45) is 5.92 Å². The summed E-state index contributed by atoms with van der Waals surface area (Å²) in [6.45, 7) is -3.23. The van der Waals surface area contributed by atoms with Crippen LogP contribution in [0.5, 0.6) is 0 Å². The summed E-state index contributed by atoms with van der Waals surface area (Å²) in [5.41, 5.74) is -6.63. The Morgan fingerprint density at radius 3 is 1.11 bits per heavy atom. The van der Waals surface area contributed by atoms with Gasteiger partial charge in [-0.05, 0) is 12.4 Å². The summed E-state index contributed by atoms with van der Waals surface area (Å²) in [4.78, 5) is 0. The molecule has 3 rings (SSSR count). The summed E-state index contributed by atoms with van der Waals surface area (Å²) >= 11 is 0. The van der Waals surface area contributed by atoms with Gasteiger partial charge in [0.2, 0.25) is 0 Å². The molecule has 1 atom stereocenters. The van der Waals surface area contributed by atoms with E-state index in [0.717, 1.165) is 0 Å². The zero-order chi connectivity index (χ0) is 27.5. The molecule has 1 aliphatic rings. The van der Waals surface area contributed by atoms with Crippen molar-refractivity contribution >= 4 is 17.6 Å². The van der Waals surface area contributed by atoms with Crippen molar-refractivity contribution in [2.45, 2.75) is 6.92 Å². The molecule has 2 aromatic carbocycles. The molecule has 2 aromatic rings. The highest BCUT2D eigenvalue weighted by atomic mass is 19.2. The Kier molecular flexibility index (Phi) is 7.03. The summed E-state index contributed by atoms with van der Waals surface area (Å²) in [6.07, 6.45) is 0. The van der Waals surface area contributed by atoms with E-state index in [1.165, 1.54) is 0 Å². The predicted octanol–water partition coefficient (Wildman–Crippen LogP) is 6.40. The van der Waals surface area contributed by atoms with E-state index >= 15 is 0 Å². The molecule has 16 heteroatoms. The van der Waals surface area contributed by atoms with Crippen LogP contribution in [0.3, 0.4) is 0 Å². The quantitative estimate of drug-likeness (QED) is 0.136. The van der Waals surface area contributed by atoms with Crippen LogP contribution in [-0.4, -0.2) is 6.71 Å². The Labute approximate surface area is 190 Å². The molecule has 0 heterocycles. The Morgan fingerprint density at radius 2 is 0.806 bits per heavy atom. The largest absolute Gasteiger partial charge is 0.257 e. The van der Waals surface area contributed by atoms with Crippen molar-refractivity contribution in [3.05, 3.63) is 92.8 Å². The minimum absolute atomic E-state index is 0.256. The van der Waals surface area contributed by atoms with E-state index in [-0.39, 0.29) is 6.92 Å². The van der Waals surface area contributed by atoms with Crippen molar-refractivity contribution in [1.29, 1.82) is 0 Å². The number of rotatable bonds is 5. The molecule has 0 spiro atoms. The Balaban J connectivity index is 2.42. The molecule has 0 bridgehead atoms. The second kappa shape index (κ2) is 9.28. The molecule has 1 aliphatic carbocycles. The normalized spacial score (nSPS) is 16.8. The summed E-state index contributed by atoms with van der Waals surface area (Å²) in [6, 6.07) is 0. The van der Waals surface area contributed by atoms with Crippen LogP contribution >= 0.6 is 0 Å². The van der Waals surface area contributed by atoms with Crippen LogP contribution in [0.15, 0.2) is 34.6 Å². The topological polar surface area (TPSA) is 0 Å². The van der Waals surface area contributed by atoms with Crippen LogP contribution in [0.2, 0.25) is 0 Å². The first-order valence-corrected chi connectivity index (χ1v) is 9.07. The summed E-state index contributed by atoms with van der Waals surface area (Å²) in [5, 5.41) is 0. The van der Waals surface area contributed by atoms with Crippen LogP contribution in [0, 0.1) is 64.1 Å². The summed E-state index contributed by atoms with van der Waals surface area (Å²) in [7, 11) is 0. The van der Waals surface area contributed by atoms with Crippen LogP contribution in [-0.2, 0) is 0 Å². The number of benzene rings is 2. The lowest BCUT2D eigenvalue weighted by Crippen LogP contribution is -2.51. The Hall–Kier alpha value is -3.33. The van der Waals surface area contributed by atoms with Gasteiger partial charge < -0.3 is 0 Å². The highest BCUT2D eigenvalue weighted by Crippen LogP contribution is 2.50. The Morgan fingerprint density at radius 1 is 0.500 bits per heavy atom. The van der Waals surface area contributed by atoms with Gasteiger partial charge in [-0.1, -0.05) is 0 Å². The van der Waals surface area contributed by atoms with E-state index in [2.05, 4.69) is 0 Å². The molecule has 0 saturated heterocycles. The molecule has 0 nitrogen and oxygen atoms in total. The minimum atomic E-state index is -3.48. The van der Waals surface area contributed by atoms with Crippen molar-refractivity contribution < 1.29 is 65.9 Å². The highest BCUT2D eigenvalue weighted by Gasteiger charge is 2.54. The molecule has 36 heavy (non-hydrogen) atoms. The fourth-order valence-electron chi connectivity index (χ4n) is 3.35. The molecule has 0 aromatic heterocycles. The predicted molar refractivity (Wildman–Crippen MR) is 93.3 cm³/mol. The van der Waals surface area contributed by atoms with Gasteiger partial charge in [-0.25, -0.2) is 65.9 Å². The van der Waals surface area contributed by atoms with Gasteiger partial charge >= 0.3 is 0 Å². The van der Waals surface area contributed by atoms with E-state index in [1.807, 2.05) is 0 Å². The fourth-order valence-corrected chi connectivity index (χ4v) is 3.35. The Bertz CT molecular complexity index is 1270. The maximum absolute atomic E-state index is 14.4. The lowest BCUT2D eigenvalue weighted by atomic mass is 9.37. The molecule has 0 N–H and O–H groups in total.